The largest absolute Gasteiger partial charge is 0.491 e. The van der Waals surface area contributed by atoms with Gasteiger partial charge < -0.3 is 28.7 Å². The zero-order chi connectivity index (χ0) is 26.8. The van der Waals surface area contributed by atoms with Crippen molar-refractivity contribution in [3.05, 3.63) is 47.5 Å². The normalized spacial score (nSPS) is 28.4. The number of ether oxygens (including phenoxy) is 4. The van der Waals surface area contributed by atoms with E-state index in [1.54, 1.807) is 0 Å². The van der Waals surface area contributed by atoms with E-state index in [0.717, 1.165) is 50.4 Å². The van der Waals surface area contributed by atoms with Crippen LogP contribution in [-0.4, -0.2) is 62.8 Å². The first-order valence-corrected chi connectivity index (χ1v) is 14.7. The molecule has 2 aromatic carbocycles. The second-order valence-electron chi connectivity index (χ2n) is 11.4. The van der Waals surface area contributed by atoms with Crippen LogP contribution in [0.2, 0.25) is 0 Å². The van der Waals surface area contributed by atoms with E-state index >= 15 is 0 Å². The Labute approximate surface area is 229 Å². The fourth-order valence-electron chi connectivity index (χ4n) is 5.97. The van der Waals surface area contributed by atoms with Gasteiger partial charge in [-0.15, -0.1) is 0 Å². The van der Waals surface area contributed by atoms with Gasteiger partial charge in [-0.1, -0.05) is 26.7 Å². The summed E-state index contributed by atoms with van der Waals surface area (Å²) in [4.78, 5) is 5.25. The molecule has 2 aromatic rings. The molecule has 6 heteroatoms. The van der Waals surface area contributed by atoms with Crippen LogP contribution in [0.15, 0.2) is 36.4 Å². The Morgan fingerprint density at radius 3 is 1.34 bits per heavy atom. The van der Waals surface area contributed by atoms with Crippen LogP contribution in [0.3, 0.4) is 0 Å². The van der Waals surface area contributed by atoms with Crippen molar-refractivity contribution in [3.8, 4) is 11.5 Å². The van der Waals surface area contributed by atoms with Crippen LogP contribution in [0.1, 0.15) is 65.5 Å². The van der Waals surface area contributed by atoms with Gasteiger partial charge in [-0.3, -0.25) is 0 Å². The summed E-state index contributed by atoms with van der Waals surface area (Å²) in [5.74, 6) is 2.01. The van der Waals surface area contributed by atoms with Crippen molar-refractivity contribution in [1.82, 2.24) is 0 Å². The van der Waals surface area contributed by atoms with Crippen LogP contribution in [0.5, 0.6) is 11.5 Å². The van der Waals surface area contributed by atoms with E-state index in [-0.39, 0.29) is 12.2 Å². The lowest BCUT2D eigenvalue weighted by Gasteiger charge is -2.55. The molecule has 3 fully saturated rings. The quantitative estimate of drug-likeness (QED) is 0.318. The SMILES string of the molecule is CCCc1cc(N2C(C)C(C)N(c3ccc(OCC4CO4)c(CCC)c3)C(C)C2C)ccc1OCC1CO1. The second kappa shape index (κ2) is 11.7. The molecule has 0 amide bonds. The van der Waals surface area contributed by atoms with Gasteiger partial charge in [-0.05, 0) is 88.1 Å². The zero-order valence-electron chi connectivity index (χ0n) is 24.1. The molecule has 3 heterocycles. The molecule has 6 nitrogen and oxygen atoms in total. The molecule has 0 aromatic heterocycles. The molecule has 0 spiro atoms. The molecule has 0 bridgehead atoms. The topological polar surface area (TPSA) is 50.0 Å². The van der Waals surface area contributed by atoms with E-state index in [2.05, 4.69) is 87.7 Å². The molecule has 6 unspecified atom stereocenters. The molecule has 0 aliphatic carbocycles. The smallest absolute Gasteiger partial charge is 0.122 e. The van der Waals surface area contributed by atoms with E-state index in [4.69, 9.17) is 18.9 Å². The first kappa shape index (κ1) is 27.1. The van der Waals surface area contributed by atoms with Gasteiger partial charge in [0, 0.05) is 35.5 Å². The highest BCUT2D eigenvalue weighted by Crippen LogP contribution is 2.38. The molecule has 5 rings (SSSR count). The van der Waals surface area contributed by atoms with Gasteiger partial charge >= 0.3 is 0 Å². The third-order valence-corrected chi connectivity index (χ3v) is 8.53. The fourth-order valence-corrected chi connectivity index (χ4v) is 5.97. The Kier molecular flexibility index (Phi) is 8.39. The van der Waals surface area contributed by atoms with E-state index in [1.807, 2.05) is 0 Å². The Morgan fingerprint density at radius 1 is 0.658 bits per heavy atom. The number of nitrogens with zero attached hydrogens (tertiary/aromatic N) is 2. The van der Waals surface area contributed by atoms with Crippen LogP contribution in [0, 0.1) is 0 Å². The maximum Gasteiger partial charge on any atom is 0.122 e. The molecule has 0 N–H and O–H groups in total. The van der Waals surface area contributed by atoms with Crippen molar-refractivity contribution in [2.24, 2.45) is 0 Å². The monoisotopic (exact) mass is 522 g/mol. The van der Waals surface area contributed by atoms with E-state index in [0.29, 0.717) is 37.4 Å². The lowest BCUT2D eigenvalue weighted by Crippen LogP contribution is -2.66. The maximum atomic E-state index is 6.13. The average Bonchev–Trinajstić information content (AvgIpc) is 3.83. The minimum atomic E-state index is 0.268. The Balaban J connectivity index is 1.37. The van der Waals surface area contributed by atoms with Crippen molar-refractivity contribution in [1.29, 1.82) is 0 Å². The summed E-state index contributed by atoms with van der Waals surface area (Å²) in [6, 6.07) is 15.0. The number of rotatable bonds is 12. The van der Waals surface area contributed by atoms with Gasteiger partial charge in [0.25, 0.3) is 0 Å². The van der Waals surface area contributed by atoms with Crippen molar-refractivity contribution in [3.63, 3.8) is 0 Å². The van der Waals surface area contributed by atoms with Gasteiger partial charge in [0.1, 0.15) is 36.9 Å². The summed E-state index contributed by atoms with van der Waals surface area (Å²) >= 11 is 0. The first-order chi connectivity index (χ1) is 18.4. The Hall–Kier alpha value is -2.44. The third-order valence-electron chi connectivity index (χ3n) is 8.53. The number of epoxide rings is 2. The van der Waals surface area contributed by atoms with Crippen LogP contribution in [-0.2, 0) is 22.3 Å². The van der Waals surface area contributed by atoms with Crippen LogP contribution in [0.4, 0.5) is 11.4 Å². The lowest BCUT2D eigenvalue weighted by atomic mass is 9.92. The maximum absolute atomic E-state index is 6.13. The van der Waals surface area contributed by atoms with Crippen molar-refractivity contribution >= 4 is 11.4 Å². The summed E-state index contributed by atoms with van der Waals surface area (Å²) in [6.07, 6.45) is 4.76. The predicted octanol–water partition coefficient (Wildman–Crippen LogP) is 6.03. The Bertz CT molecular complexity index is 982. The number of aryl methyl sites for hydroxylation is 2. The summed E-state index contributed by atoms with van der Waals surface area (Å²) < 4.78 is 23.0. The molecule has 0 radical (unpaired) electrons. The second-order valence-corrected chi connectivity index (χ2v) is 11.4. The van der Waals surface area contributed by atoms with E-state index in [9.17, 15) is 0 Å². The molecule has 3 aliphatic rings. The zero-order valence-corrected chi connectivity index (χ0v) is 24.1. The summed E-state index contributed by atoms with van der Waals surface area (Å²) in [5.41, 5.74) is 5.17. The number of benzene rings is 2. The predicted molar refractivity (Wildman–Crippen MR) is 154 cm³/mol. The standard InChI is InChI=1S/C32H46N2O4/c1-7-9-25-15-27(11-13-31(25)37-19-29-17-35-29)33-21(3)23(5)34(24(6)22(33)4)28-12-14-32(26(16-28)10-8-2)38-20-30-18-36-30/h11-16,21-24,29-30H,7-10,17-20H2,1-6H3. The van der Waals surface area contributed by atoms with Crippen molar-refractivity contribution < 1.29 is 18.9 Å². The van der Waals surface area contributed by atoms with Gasteiger partial charge in [0.05, 0.1) is 13.2 Å². The van der Waals surface area contributed by atoms with Crippen LogP contribution in [0.25, 0.3) is 0 Å². The molecule has 3 aliphatic heterocycles. The molecule has 0 saturated carbocycles. The summed E-state index contributed by atoms with van der Waals surface area (Å²) in [7, 11) is 0. The molecule has 208 valence electrons. The van der Waals surface area contributed by atoms with Gasteiger partial charge in [0.15, 0.2) is 0 Å². The fraction of sp³-hybridized carbons (Fsp3) is 0.625. The minimum Gasteiger partial charge on any atom is -0.491 e. The van der Waals surface area contributed by atoms with Crippen molar-refractivity contribution in [2.45, 2.75) is 104 Å². The third kappa shape index (κ3) is 5.91. The van der Waals surface area contributed by atoms with Crippen LogP contribution < -0.4 is 19.3 Å². The van der Waals surface area contributed by atoms with Gasteiger partial charge in [-0.2, -0.15) is 0 Å². The minimum absolute atomic E-state index is 0.268. The van der Waals surface area contributed by atoms with E-state index in [1.165, 1.54) is 22.5 Å². The molecule has 6 atom stereocenters. The van der Waals surface area contributed by atoms with Crippen molar-refractivity contribution in [2.75, 3.05) is 36.2 Å². The average molecular weight is 523 g/mol. The van der Waals surface area contributed by atoms with Gasteiger partial charge in [-0.25, -0.2) is 0 Å². The highest BCUT2D eigenvalue weighted by Gasteiger charge is 2.40. The molecular weight excluding hydrogens is 476 g/mol. The highest BCUT2D eigenvalue weighted by molar-refractivity contribution is 5.61. The first-order valence-electron chi connectivity index (χ1n) is 14.7. The highest BCUT2D eigenvalue weighted by atomic mass is 16.6. The summed E-state index contributed by atoms with van der Waals surface area (Å²) in [6.45, 7) is 16.9. The number of hydrogen-bond donors (Lipinski definition) is 0. The molecule has 38 heavy (non-hydrogen) atoms. The van der Waals surface area contributed by atoms with Crippen LogP contribution >= 0.6 is 0 Å². The van der Waals surface area contributed by atoms with Gasteiger partial charge in [0.2, 0.25) is 0 Å². The Morgan fingerprint density at radius 2 is 1.03 bits per heavy atom. The number of anilines is 2. The molecule has 3 saturated heterocycles. The van der Waals surface area contributed by atoms with E-state index < -0.39 is 0 Å². The lowest BCUT2D eigenvalue weighted by molar-refractivity contribution is 0.261. The summed E-state index contributed by atoms with van der Waals surface area (Å²) in [5, 5.41) is 0. The number of hydrogen-bond acceptors (Lipinski definition) is 6. The molecular formula is C32H46N2O4. The number of piperazine rings is 1.